The number of nitrogens with one attached hydrogen (secondary N) is 1. The molecule has 1 aromatic rings. The molecule has 0 aliphatic heterocycles. The number of carbonyl (C=O) groups is 1. The lowest BCUT2D eigenvalue weighted by molar-refractivity contribution is -0.387. The summed E-state index contributed by atoms with van der Waals surface area (Å²) in [7, 11) is 3.49. The Balaban J connectivity index is 2.53. The molecular formula is C13H18FN3O4. The molecule has 0 bridgehead atoms. The normalized spacial score (nSPS) is 10.7. The molecule has 8 heteroatoms. The van der Waals surface area contributed by atoms with Crippen LogP contribution in [0.2, 0.25) is 0 Å². The Labute approximate surface area is 121 Å². The summed E-state index contributed by atoms with van der Waals surface area (Å²) in [6.07, 6.45) is 0. The summed E-state index contributed by atoms with van der Waals surface area (Å²) < 4.78 is 18.1. The molecule has 7 nitrogen and oxygen atoms in total. The standard InChI is InChI=1S/C13H18FN3O4/c1-16(7-8-21-2)6-5-15-13(18)10-3-4-11(14)12(9-10)17(19)20/h3-4,9H,5-8H2,1-2H3,(H,15,18). The van der Waals surface area contributed by atoms with Crippen molar-refractivity contribution in [1.82, 2.24) is 10.2 Å². The number of amides is 1. The number of hydrogen-bond acceptors (Lipinski definition) is 5. The molecule has 0 fully saturated rings. The van der Waals surface area contributed by atoms with Crippen molar-refractivity contribution in [2.75, 3.05) is 40.4 Å². The summed E-state index contributed by atoms with van der Waals surface area (Å²) in [6, 6.07) is 3.06. The zero-order valence-electron chi connectivity index (χ0n) is 12.0. The third-order valence-electron chi connectivity index (χ3n) is 2.86. The Morgan fingerprint density at radius 3 is 2.81 bits per heavy atom. The highest BCUT2D eigenvalue weighted by Gasteiger charge is 2.17. The zero-order chi connectivity index (χ0) is 15.8. The van der Waals surface area contributed by atoms with Gasteiger partial charge in [0.1, 0.15) is 0 Å². The maximum atomic E-state index is 13.2. The van der Waals surface area contributed by atoms with E-state index in [-0.39, 0.29) is 5.56 Å². The summed E-state index contributed by atoms with van der Waals surface area (Å²) in [5.41, 5.74) is -0.650. The average molecular weight is 299 g/mol. The van der Waals surface area contributed by atoms with Gasteiger partial charge in [-0.2, -0.15) is 4.39 Å². The maximum Gasteiger partial charge on any atom is 0.305 e. The number of methoxy groups -OCH3 is 1. The molecule has 0 unspecified atom stereocenters. The monoisotopic (exact) mass is 299 g/mol. The van der Waals surface area contributed by atoms with Crippen molar-refractivity contribution in [3.8, 4) is 0 Å². The molecule has 1 aromatic carbocycles. The van der Waals surface area contributed by atoms with Gasteiger partial charge >= 0.3 is 5.69 Å². The van der Waals surface area contributed by atoms with Crippen molar-refractivity contribution in [2.45, 2.75) is 0 Å². The second-order valence-electron chi connectivity index (χ2n) is 4.48. The number of hydrogen-bond donors (Lipinski definition) is 1. The van der Waals surface area contributed by atoms with Crippen LogP contribution < -0.4 is 5.32 Å². The summed E-state index contributed by atoms with van der Waals surface area (Å²) >= 11 is 0. The number of nitro groups is 1. The van der Waals surface area contributed by atoms with Crippen LogP contribution in [0.3, 0.4) is 0 Å². The van der Waals surface area contributed by atoms with Crippen molar-refractivity contribution in [3.63, 3.8) is 0 Å². The quantitative estimate of drug-likeness (QED) is 0.573. The number of ether oxygens (including phenoxy) is 1. The first-order chi connectivity index (χ1) is 9.95. The van der Waals surface area contributed by atoms with Crippen molar-refractivity contribution < 1.29 is 18.8 Å². The van der Waals surface area contributed by atoms with E-state index < -0.39 is 22.3 Å². The number of benzene rings is 1. The van der Waals surface area contributed by atoms with Crippen LogP contribution >= 0.6 is 0 Å². The minimum absolute atomic E-state index is 0.0580. The first-order valence-electron chi connectivity index (χ1n) is 6.35. The van der Waals surface area contributed by atoms with E-state index in [0.29, 0.717) is 19.7 Å². The molecule has 0 aromatic heterocycles. The van der Waals surface area contributed by atoms with Gasteiger partial charge in [-0.15, -0.1) is 0 Å². The molecule has 0 saturated carbocycles. The molecule has 0 aliphatic rings. The van der Waals surface area contributed by atoms with Crippen LogP contribution in [-0.2, 0) is 4.74 Å². The number of nitro benzene ring substituents is 1. The van der Waals surface area contributed by atoms with Gasteiger partial charge in [-0.3, -0.25) is 14.9 Å². The summed E-state index contributed by atoms with van der Waals surface area (Å²) in [4.78, 5) is 23.6. The Bertz CT molecular complexity index is 510. The van der Waals surface area contributed by atoms with Gasteiger partial charge < -0.3 is 15.0 Å². The third kappa shape index (κ3) is 5.44. The van der Waals surface area contributed by atoms with E-state index in [1.54, 1.807) is 7.11 Å². The number of likely N-dealkylation sites (N-methyl/N-ethyl adjacent to an activating group) is 1. The topological polar surface area (TPSA) is 84.7 Å². The Hall–Kier alpha value is -2.06. The smallest absolute Gasteiger partial charge is 0.305 e. The number of rotatable bonds is 8. The van der Waals surface area contributed by atoms with Crippen LogP contribution in [0.25, 0.3) is 0 Å². The molecule has 1 amide bonds. The largest absolute Gasteiger partial charge is 0.383 e. The van der Waals surface area contributed by atoms with Gasteiger partial charge in [0.25, 0.3) is 5.91 Å². The van der Waals surface area contributed by atoms with E-state index in [9.17, 15) is 19.3 Å². The van der Waals surface area contributed by atoms with Crippen LogP contribution in [-0.4, -0.2) is 56.1 Å². The Morgan fingerprint density at radius 2 is 2.19 bits per heavy atom. The minimum atomic E-state index is -0.962. The van der Waals surface area contributed by atoms with Crippen LogP contribution in [0.4, 0.5) is 10.1 Å². The Kier molecular flexibility index (Phi) is 6.70. The van der Waals surface area contributed by atoms with Gasteiger partial charge in [0, 0.05) is 38.4 Å². The first-order valence-corrected chi connectivity index (χ1v) is 6.35. The van der Waals surface area contributed by atoms with E-state index in [2.05, 4.69) is 5.32 Å². The molecule has 1 rings (SSSR count). The summed E-state index contributed by atoms with van der Waals surface area (Å²) in [6.45, 7) is 2.31. The van der Waals surface area contributed by atoms with Crippen LogP contribution in [0.1, 0.15) is 10.4 Å². The molecule has 0 heterocycles. The molecule has 21 heavy (non-hydrogen) atoms. The van der Waals surface area contributed by atoms with Crippen molar-refractivity contribution in [3.05, 3.63) is 39.7 Å². The zero-order valence-corrected chi connectivity index (χ0v) is 12.0. The second-order valence-corrected chi connectivity index (χ2v) is 4.48. The highest BCUT2D eigenvalue weighted by atomic mass is 19.1. The van der Waals surface area contributed by atoms with E-state index in [1.807, 2.05) is 11.9 Å². The van der Waals surface area contributed by atoms with Crippen LogP contribution in [0.5, 0.6) is 0 Å². The van der Waals surface area contributed by atoms with Crippen LogP contribution in [0.15, 0.2) is 18.2 Å². The van der Waals surface area contributed by atoms with Gasteiger partial charge in [0.05, 0.1) is 11.5 Å². The fourth-order valence-electron chi connectivity index (χ4n) is 1.62. The van der Waals surface area contributed by atoms with E-state index in [1.165, 1.54) is 6.07 Å². The first kappa shape index (κ1) is 17.0. The molecule has 0 aliphatic carbocycles. The van der Waals surface area contributed by atoms with Crippen molar-refractivity contribution in [2.24, 2.45) is 0 Å². The highest BCUT2D eigenvalue weighted by molar-refractivity contribution is 5.94. The fourth-order valence-corrected chi connectivity index (χ4v) is 1.62. The van der Waals surface area contributed by atoms with Crippen LogP contribution in [0, 0.1) is 15.9 Å². The SMILES string of the molecule is COCCN(C)CCNC(=O)c1ccc(F)c([N+](=O)[O-])c1. The molecule has 0 radical (unpaired) electrons. The lowest BCUT2D eigenvalue weighted by Gasteiger charge is -2.16. The molecule has 116 valence electrons. The number of nitrogens with zero attached hydrogens (tertiary/aromatic N) is 2. The van der Waals surface area contributed by atoms with Crippen molar-refractivity contribution >= 4 is 11.6 Å². The third-order valence-corrected chi connectivity index (χ3v) is 2.86. The lowest BCUT2D eigenvalue weighted by atomic mass is 10.2. The van der Waals surface area contributed by atoms with E-state index >= 15 is 0 Å². The summed E-state index contributed by atoms with van der Waals surface area (Å²) in [5, 5.41) is 13.2. The van der Waals surface area contributed by atoms with E-state index in [4.69, 9.17) is 4.74 Å². The van der Waals surface area contributed by atoms with Crippen molar-refractivity contribution in [1.29, 1.82) is 0 Å². The average Bonchev–Trinajstić information content (AvgIpc) is 2.45. The van der Waals surface area contributed by atoms with E-state index in [0.717, 1.165) is 18.7 Å². The second kappa shape index (κ2) is 8.28. The maximum absolute atomic E-state index is 13.2. The molecule has 0 atom stereocenters. The minimum Gasteiger partial charge on any atom is -0.383 e. The lowest BCUT2D eigenvalue weighted by Crippen LogP contribution is -2.34. The Morgan fingerprint density at radius 1 is 1.48 bits per heavy atom. The van der Waals surface area contributed by atoms with Gasteiger partial charge in [0.2, 0.25) is 5.82 Å². The fraction of sp³-hybridized carbons (Fsp3) is 0.462. The van der Waals surface area contributed by atoms with Gasteiger partial charge in [0.15, 0.2) is 0 Å². The predicted octanol–water partition coefficient (Wildman–Crippen LogP) is 1.04. The number of carbonyl (C=O) groups excluding carboxylic acids is 1. The molecule has 1 N–H and O–H groups in total. The predicted molar refractivity (Wildman–Crippen MR) is 74.8 cm³/mol. The van der Waals surface area contributed by atoms with Gasteiger partial charge in [-0.25, -0.2) is 0 Å². The van der Waals surface area contributed by atoms with Gasteiger partial charge in [-0.05, 0) is 19.2 Å². The molecular weight excluding hydrogens is 281 g/mol. The molecule has 0 spiro atoms. The molecule has 0 saturated heterocycles. The number of halogens is 1. The van der Waals surface area contributed by atoms with Gasteiger partial charge in [-0.1, -0.05) is 0 Å². The highest BCUT2D eigenvalue weighted by Crippen LogP contribution is 2.18. The summed E-state index contributed by atoms with van der Waals surface area (Å²) in [5.74, 6) is -1.44.